The van der Waals surface area contributed by atoms with Gasteiger partial charge in [0.1, 0.15) is 6.29 Å². The van der Waals surface area contributed by atoms with Crippen molar-refractivity contribution in [2.45, 2.75) is 31.6 Å². The monoisotopic (exact) mass is 312 g/mol. The molecule has 0 spiro atoms. The van der Waals surface area contributed by atoms with Crippen molar-refractivity contribution in [3.63, 3.8) is 0 Å². The summed E-state index contributed by atoms with van der Waals surface area (Å²) in [6.07, 6.45) is 7.68. The minimum atomic E-state index is -0.360. The summed E-state index contributed by atoms with van der Waals surface area (Å²) in [5, 5.41) is 0. The van der Waals surface area contributed by atoms with Crippen LogP contribution in [0.5, 0.6) is 0 Å². The SMILES string of the molecule is CC(C=O)C(CC1CCOCC1)(c1ccccc1)c1cnc[nH]1. The Bertz CT molecular complexity index is 606. The Morgan fingerprint density at radius 3 is 2.70 bits per heavy atom. The smallest absolute Gasteiger partial charge is 0.124 e. The van der Waals surface area contributed by atoms with E-state index in [0.29, 0.717) is 5.92 Å². The highest BCUT2D eigenvalue weighted by Gasteiger charge is 2.42. The molecule has 2 heterocycles. The van der Waals surface area contributed by atoms with E-state index >= 15 is 0 Å². The van der Waals surface area contributed by atoms with E-state index in [1.54, 1.807) is 6.33 Å². The van der Waals surface area contributed by atoms with E-state index in [1.165, 1.54) is 5.56 Å². The zero-order valence-electron chi connectivity index (χ0n) is 13.6. The van der Waals surface area contributed by atoms with Gasteiger partial charge in [0.2, 0.25) is 0 Å². The van der Waals surface area contributed by atoms with Gasteiger partial charge in [0.15, 0.2) is 0 Å². The number of nitrogens with zero attached hydrogens (tertiary/aromatic N) is 1. The fourth-order valence-electron chi connectivity index (χ4n) is 3.83. The summed E-state index contributed by atoms with van der Waals surface area (Å²) < 4.78 is 5.51. The first-order valence-electron chi connectivity index (χ1n) is 8.35. The molecule has 0 radical (unpaired) electrons. The van der Waals surface area contributed by atoms with Gasteiger partial charge in [0, 0.05) is 36.4 Å². The largest absolute Gasteiger partial charge is 0.381 e. The normalized spacial score (nSPS) is 19.9. The molecule has 2 atom stereocenters. The molecule has 122 valence electrons. The van der Waals surface area contributed by atoms with E-state index < -0.39 is 0 Å². The Morgan fingerprint density at radius 2 is 2.09 bits per heavy atom. The summed E-state index contributed by atoms with van der Waals surface area (Å²) in [5.41, 5.74) is 1.84. The van der Waals surface area contributed by atoms with Crippen LogP contribution >= 0.6 is 0 Å². The van der Waals surface area contributed by atoms with E-state index in [0.717, 1.165) is 44.5 Å². The first-order chi connectivity index (χ1) is 11.3. The lowest BCUT2D eigenvalue weighted by atomic mass is 9.63. The molecule has 4 heteroatoms. The summed E-state index contributed by atoms with van der Waals surface area (Å²) in [4.78, 5) is 19.3. The second-order valence-electron chi connectivity index (χ2n) is 6.49. The van der Waals surface area contributed by atoms with E-state index in [1.807, 2.05) is 31.3 Å². The second-order valence-corrected chi connectivity index (χ2v) is 6.49. The van der Waals surface area contributed by atoms with E-state index in [9.17, 15) is 4.79 Å². The van der Waals surface area contributed by atoms with Gasteiger partial charge in [-0.3, -0.25) is 0 Å². The summed E-state index contributed by atoms with van der Waals surface area (Å²) in [5.74, 6) is 0.419. The Labute approximate surface area is 137 Å². The van der Waals surface area contributed by atoms with Crippen LogP contribution in [0.3, 0.4) is 0 Å². The molecule has 1 N–H and O–H groups in total. The van der Waals surface area contributed by atoms with Crippen molar-refractivity contribution in [1.82, 2.24) is 9.97 Å². The lowest BCUT2D eigenvalue weighted by Gasteiger charge is -2.40. The van der Waals surface area contributed by atoms with Crippen LogP contribution in [0.1, 0.15) is 37.4 Å². The number of H-pyrrole nitrogens is 1. The third-order valence-corrected chi connectivity index (χ3v) is 5.20. The van der Waals surface area contributed by atoms with Gasteiger partial charge in [0.05, 0.1) is 6.33 Å². The number of benzene rings is 1. The van der Waals surface area contributed by atoms with Crippen molar-refractivity contribution in [3.8, 4) is 0 Å². The molecule has 1 saturated heterocycles. The van der Waals surface area contributed by atoms with Crippen molar-refractivity contribution in [2.24, 2.45) is 11.8 Å². The lowest BCUT2D eigenvalue weighted by molar-refractivity contribution is -0.112. The van der Waals surface area contributed by atoms with Crippen molar-refractivity contribution in [3.05, 3.63) is 54.1 Å². The number of rotatable bonds is 6. The summed E-state index contributed by atoms with van der Waals surface area (Å²) >= 11 is 0. The molecule has 1 aromatic heterocycles. The lowest BCUT2D eigenvalue weighted by Crippen LogP contribution is -2.39. The summed E-state index contributed by atoms with van der Waals surface area (Å²) in [6, 6.07) is 10.4. The molecule has 1 aliphatic rings. The quantitative estimate of drug-likeness (QED) is 0.832. The van der Waals surface area contributed by atoms with E-state index in [2.05, 4.69) is 22.1 Å². The number of nitrogens with one attached hydrogen (secondary N) is 1. The zero-order valence-corrected chi connectivity index (χ0v) is 13.6. The van der Waals surface area contributed by atoms with Crippen LogP contribution in [0.2, 0.25) is 0 Å². The van der Waals surface area contributed by atoms with Crippen molar-refractivity contribution < 1.29 is 9.53 Å². The summed E-state index contributed by atoms with van der Waals surface area (Å²) in [7, 11) is 0. The molecular weight excluding hydrogens is 288 g/mol. The minimum Gasteiger partial charge on any atom is -0.381 e. The Hall–Kier alpha value is -1.94. The number of carbonyl (C=O) groups is 1. The maximum Gasteiger partial charge on any atom is 0.124 e. The number of hydrogen-bond acceptors (Lipinski definition) is 3. The van der Waals surface area contributed by atoms with Crippen LogP contribution in [0, 0.1) is 11.8 Å². The predicted octanol–water partition coefficient (Wildman–Crippen LogP) is 3.35. The molecule has 1 aliphatic heterocycles. The van der Waals surface area contributed by atoms with Crippen LogP contribution in [0.15, 0.2) is 42.9 Å². The van der Waals surface area contributed by atoms with Crippen molar-refractivity contribution >= 4 is 6.29 Å². The van der Waals surface area contributed by atoms with Crippen LogP contribution in [-0.2, 0) is 14.9 Å². The van der Waals surface area contributed by atoms with Gasteiger partial charge in [0.25, 0.3) is 0 Å². The number of aromatic nitrogens is 2. The van der Waals surface area contributed by atoms with Crippen molar-refractivity contribution in [1.29, 1.82) is 0 Å². The van der Waals surface area contributed by atoms with Gasteiger partial charge < -0.3 is 14.5 Å². The average Bonchev–Trinajstić information content (AvgIpc) is 3.15. The zero-order chi connectivity index (χ0) is 16.1. The van der Waals surface area contributed by atoms with Gasteiger partial charge in [-0.05, 0) is 30.7 Å². The van der Waals surface area contributed by atoms with E-state index in [-0.39, 0.29) is 11.3 Å². The highest BCUT2D eigenvalue weighted by Crippen LogP contribution is 2.44. The fraction of sp³-hybridized carbons (Fsp3) is 0.474. The molecule has 0 amide bonds. The standard InChI is InChI=1S/C19H24N2O2/c1-15(13-22)19(18-12-20-14-21-18,17-5-3-2-4-6-17)11-16-7-9-23-10-8-16/h2-6,12-16H,7-11H2,1H3,(H,20,21). The molecule has 0 aliphatic carbocycles. The second kappa shape index (κ2) is 7.09. The molecule has 2 aromatic rings. The molecule has 1 fully saturated rings. The molecule has 0 bridgehead atoms. The first-order valence-corrected chi connectivity index (χ1v) is 8.35. The minimum absolute atomic E-state index is 0.131. The molecule has 4 nitrogen and oxygen atoms in total. The number of aldehydes is 1. The predicted molar refractivity (Wildman–Crippen MR) is 89.2 cm³/mol. The van der Waals surface area contributed by atoms with Crippen LogP contribution < -0.4 is 0 Å². The third kappa shape index (κ3) is 3.08. The highest BCUT2D eigenvalue weighted by molar-refractivity contribution is 5.60. The Balaban J connectivity index is 2.07. The Kier molecular flexibility index (Phi) is 4.91. The van der Waals surface area contributed by atoms with Crippen LogP contribution in [-0.4, -0.2) is 29.5 Å². The van der Waals surface area contributed by atoms with Gasteiger partial charge in [-0.15, -0.1) is 0 Å². The number of hydrogen-bond donors (Lipinski definition) is 1. The fourth-order valence-corrected chi connectivity index (χ4v) is 3.83. The average molecular weight is 312 g/mol. The van der Waals surface area contributed by atoms with Crippen LogP contribution in [0.25, 0.3) is 0 Å². The van der Waals surface area contributed by atoms with E-state index in [4.69, 9.17) is 4.74 Å². The molecule has 1 aromatic carbocycles. The number of imidazole rings is 1. The topological polar surface area (TPSA) is 55.0 Å². The number of aromatic amines is 1. The molecular formula is C19H24N2O2. The highest BCUT2D eigenvalue weighted by atomic mass is 16.5. The van der Waals surface area contributed by atoms with Gasteiger partial charge in [-0.2, -0.15) is 0 Å². The number of ether oxygens (including phenoxy) is 1. The third-order valence-electron chi connectivity index (χ3n) is 5.20. The first kappa shape index (κ1) is 15.9. The van der Waals surface area contributed by atoms with Gasteiger partial charge in [-0.1, -0.05) is 37.3 Å². The molecule has 3 rings (SSSR count). The molecule has 0 saturated carbocycles. The van der Waals surface area contributed by atoms with Gasteiger partial charge >= 0.3 is 0 Å². The van der Waals surface area contributed by atoms with Crippen LogP contribution in [0.4, 0.5) is 0 Å². The Morgan fingerprint density at radius 1 is 1.35 bits per heavy atom. The maximum absolute atomic E-state index is 11.8. The van der Waals surface area contributed by atoms with Crippen molar-refractivity contribution in [2.75, 3.05) is 13.2 Å². The molecule has 23 heavy (non-hydrogen) atoms. The maximum atomic E-state index is 11.8. The van der Waals surface area contributed by atoms with Gasteiger partial charge in [-0.25, -0.2) is 4.98 Å². The molecule has 2 unspecified atom stereocenters. The number of carbonyl (C=O) groups excluding carboxylic acids is 1. The summed E-state index contributed by atoms with van der Waals surface area (Å²) in [6.45, 7) is 3.64.